The number of nitrogens with one attached hydrogen (secondary N) is 1. The highest BCUT2D eigenvalue weighted by atomic mass is 32.2. The van der Waals surface area contributed by atoms with E-state index in [0.29, 0.717) is 12.0 Å². The molecule has 0 heterocycles. The van der Waals surface area contributed by atoms with Crippen LogP contribution in [0.5, 0.6) is 0 Å². The van der Waals surface area contributed by atoms with Gasteiger partial charge in [-0.15, -0.1) is 0 Å². The molecule has 2 aromatic rings. The molecule has 0 fully saturated rings. The van der Waals surface area contributed by atoms with E-state index >= 15 is 0 Å². The highest BCUT2D eigenvalue weighted by Crippen LogP contribution is 2.22. The van der Waals surface area contributed by atoms with Gasteiger partial charge in [0.1, 0.15) is 0 Å². The second kappa shape index (κ2) is 7.59. The van der Waals surface area contributed by atoms with E-state index in [1.54, 1.807) is 13.0 Å². The molecule has 0 saturated heterocycles. The van der Waals surface area contributed by atoms with Gasteiger partial charge in [0, 0.05) is 6.04 Å². The zero-order valence-electron chi connectivity index (χ0n) is 13.9. The summed E-state index contributed by atoms with van der Waals surface area (Å²) >= 11 is 0. The first-order chi connectivity index (χ1) is 11.4. The Morgan fingerprint density at radius 2 is 1.83 bits per heavy atom. The fourth-order valence-corrected chi connectivity index (χ4v) is 3.76. The largest absolute Gasteiger partial charge is 0.465 e. The van der Waals surface area contributed by atoms with Gasteiger partial charge >= 0.3 is 5.97 Å². The molecule has 0 radical (unpaired) electrons. The molecule has 2 aromatic carbocycles. The zero-order chi connectivity index (χ0) is 17.7. The lowest BCUT2D eigenvalue weighted by molar-refractivity contribution is 0.0599. The fourth-order valence-electron chi connectivity index (χ4n) is 2.43. The van der Waals surface area contributed by atoms with Crippen molar-refractivity contribution < 1.29 is 17.9 Å². The Hall–Kier alpha value is -2.18. The SMILES string of the molecule is CCC(NS(=O)(=O)c1ccc(C)c(C(=O)OC)c1)c1ccccc1. The van der Waals surface area contributed by atoms with Crippen LogP contribution in [0.15, 0.2) is 53.4 Å². The zero-order valence-corrected chi connectivity index (χ0v) is 14.8. The third kappa shape index (κ3) is 4.01. The number of methoxy groups -OCH3 is 1. The van der Waals surface area contributed by atoms with Crippen LogP contribution in [0.2, 0.25) is 0 Å². The van der Waals surface area contributed by atoms with Crippen LogP contribution in [-0.4, -0.2) is 21.5 Å². The minimum absolute atomic E-state index is 0.0443. The van der Waals surface area contributed by atoms with Gasteiger partial charge in [0.2, 0.25) is 10.0 Å². The maximum absolute atomic E-state index is 12.7. The molecule has 5 nitrogen and oxygen atoms in total. The van der Waals surface area contributed by atoms with Crippen molar-refractivity contribution in [2.75, 3.05) is 7.11 Å². The number of rotatable bonds is 6. The maximum atomic E-state index is 12.7. The summed E-state index contributed by atoms with van der Waals surface area (Å²) in [4.78, 5) is 11.8. The van der Waals surface area contributed by atoms with Crippen molar-refractivity contribution in [2.24, 2.45) is 0 Å². The number of hydrogen-bond donors (Lipinski definition) is 1. The number of ether oxygens (including phenoxy) is 1. The predicted octanol–water partition coefficient (Wildman–Crippen LogP) is 3.21. The van der Waals surface area contributed by atoms with Gasteiger partial charge in [-0.2, -0.15) is 0 Å². The Balaban J connectivity index is 2.35. The normalized spacial score (nSPS) is 12.6. The van der Waals surface area contributed by atoms with Crippen molar-refractivity contribution in [3.05, 3.63) is 65.2 Å². The topological polar surface area (TPSA) is 72.5 Å². The predicted molar refractivity (Wildman–Crippen MR) is 92.3 cm³/mol. The molecule has 0 amide bonds. The first-order valence-electron chi connectivity index (χ1n) is 7.65. The quantitative estimate of drug-likeness (QED) is 0.815. The number of hydrogen-bond acceptors (Lipinski definition) is 4. The highest BCUT2D eigenvalue weighted by Gasteiger charge is 2.22. The smallest absolute Gasteiger partial charge is 0.338 e. The van der Waals surface area contributed by atoms with E-state index in [-0.39, 0.29) is 16.5 Å². The van der Waals surface area contributed by atoms with E-state index in [2.05, 4.69) is 4.72 Å². The standard InChI is InChI=1S/C18H21NO4S/c1-4-17(14-8-6-5-7-9-14)19-24(21,22)15-11-10-13(2)16(12-15)18(20)23-3/h5-12,17,19H,4H2,1-3H3. The monoisotopic (exact) mass is 347 g/mol. The van der Waals surface area contributed by atoms with Crippen LogP contribution in [0.3, 0.4) is 0 Å². The van der Waals surface area contributed by atoms with Gasteiger partial charge < -0.3 is 4.74 Å². The summed E-state index contributed by atoms with van der Waals surface area (Å²) in [5, 5.41) is 0. The van der Waals surface area contributed by atoms with Crippen molar-refractivity contribution in [1.29, 1.82) is 0 Å². The van der Waals surface area contributed by atoms with Crippen LogP contribution in [-0.2, 0) is 14.8 Å². The minimum atomic E-state index is -3.76. The van der Waals surface area contributed by atoms with Gasteiger partial charge in [0.15, 0.2) is 0 Å². The molecule has 0 aliphatic heterocycles. The van der Waals surface area contributed by atoms with Gasteiger partial charge in [-0.25, -0.2) is 17.9 Å². The fraction of sp³-hybridized carbons (Fsp3) is 0.278. The first-order valence-corrected chi connectivity index (χ1v) is 9.13. The highest BCUT2D eigenvalue weighted by molar-refractivity contribution is 7.89. The average molecular weight is 347 g/mol. The maximum Gasteiger partial charge on any atom is 0.338 e. The minimum Gasteiger partial charge on any atom is -0.465 e. The molecular weight excluding hydrogens is 326 g/mol. The number of sulfonamides is 1. The summed E-state index contributed by atoms with van der Waals surface area (Å²) in [6.45, 7) is 3.64. The van der Waals surface area contributed by atoms with Gasteiger partial charge in [0.05, 0.1) is 17.6 Å². The molecule has 0 saturated carbocycles. The van der Waals surface area contributed by atoms with E-state index in [0.717, 1.165) is 5.56 Å². The number of aryl methyl sites for hydroxylation is 1. The van der Waals surface area contributed by atoms with Crippen molar-refractivity contribution in [3.63, 3.8) is 0 Å². The summed E-state index contributed by atoms with van der Waals surface area (Å²) in [6, 6.07) is 13.5. The van der Waals surface area contributed by atoms with Crippen molar-refractivity contribution in [1.82, 2.24) is 4.72 Å². The average Bonchev–Trinajstić information content (AvgIpc) is 2.60. The lowest BCUT2D eigenvalue weighted by Gasteiger charge is -2.18. The van der Waals surface area contributed by atoms with Crippen molar-refractivity contribution in [2.45, 2.75) is 31.2 Å². The molecule has 0 spiro atoms. The molecule has 24 heavy (non-hydrogen) atoms. The number of esters is 1. The van der Waals surface area contributed by atoms with Crippen molar-refractivity contribution in [3.8, 4) is 0 Å². The van der Waals surface area contributed by atoms with Crippen LogP contribution in [0.25, 0.3) is 0 Å². The van der Waals surface area contributed by atoms with E-state index in [9.17, 15) is 13.2 Å². The molecule has 0 bridgehead atoms. The van der Waals surface area contributed by atoms with Crippen LogP contribution in [0.1, 0.15) is 40.9 Å². The third-order valence-corrected chi connectivity index (χ3v) is 5.30. The van der Waals surface area contributed by atoms with Gasteiger partial charge in [-0.1, -0.05) is 43.3 Å². The summed E-state index contributed by atoms with van der Waals surface area (Å²) < 4.78 is 32.8. The van der Waals surface area contributed by atoms with Gasteiger partial charge in [-0.05, 0) is 36.6 Å². The van der Waals surface area contributed by atoms with Gasteiger partial charge in [0.25, 0.3) is 0 Å². The molecule has 0 aromatic heterocycles. The lowest BCUT2D eigenvalue weighted by atomic mass is 10.1. The summed E-state index contributed by atoms with van der Waals surface area (Å²) in [7, 11) is -2.49. The number of carbonyl (C=O) groups is 1. The molecule has 2 rings (SSSR count). The van der Waals surface area contributed by atoms with Crippen LogP contribution in [0, 0.1) is 6.92 Å². The number of carbonyl (C=O) groups excluding carboxylic acids is 1. The molecule has 1 atom stereocenters. The summed E-state index contributed by atoms with van der Waals surface area (Å²) in [5.74, 6) is -0.556. The lowest BCUT2D eigenvalue weighted by Crippen LogP contribution is -2.28. The second-order valence-electron chi connectivity index (χ2n) is 5.46. The second-order valence-corrected chi connectivity index (χ2v) is 7.18. The van der Waals surface area contributed by atoms with Crippen LogP contribution >= 0.6 is 0 Å². The molecule has 0 aliphatic rings. The van der Waals surface area contributed by atoms with E-state index in [4.69, 9.17) is 4.74 Å². The van der Waals surface area contributed by atoms with E-state index in [1.165, 1.54) is 19.2 Å². The Bertz CT molecular complexity index is 816. The summed E-state index contributed by atoms with van der Waals surface area (Å²) in [6.07, 6.45) is 0.610. The van der Waals surface area contributed by atoms with Crippen molar-refractivity contribution >= 4 is 16.0 Å². The Morgan fingerprint density at radius 1 is 1.17 bits per heavy atom. The Morgan fingerprint density at radius 3 is 2.42 bits per heavy atom. The molecule has 1 unspecified atom stereocenters. The summed E-state index contributed by atoms with van der Waals surface area (Å²) in [5.41, 5.74) is 1.80. The third-order valence-electron chi connectivity index (χ3n) is 3.83. The Labute approximate surface area is 142 Å². The molecule has 0 aliphatic carbocycles. The molecule has 128 valence electrons. The van der Waals surface area contributed by atoms with E-state index in [1.807, 2.05) is 37.3 Å². The van der Waals surface area contributed by atoms with E-state index < -0.39 is 16.0 Å². The first kappa shape index (κ1) is 18.2. The Kier molecular flexibility index (Phi) is 5.75. The molecular formula is C18H21NO4S. The molecule has 6 heteroatoms. The van der Waals surface area contributed by atoms with Crippen LogP contribution in [0.4, 0.5) is 0 Å². The molecule has 1 N–H and O–H groups in total. The number of benzene rings is 2. The van der Waals surface area contributed by atoms with Gasteiger partial charge in [-0.3, -0.25) is 0 Å². The van der Waals surface area contributed by atoms with Crippen LogP contribution < -0.4 is 4.72 Å².